The Labute approximate surface area is 154 Å². The van der Waals surface area contributed by atoms with Crippen LogP contribution in [0.2, 0.25) is 0 Å². The Kier molecular flexibility index (Phi) is 7.68. The number of rotatable bonds is 9. The molecule has 0 bridgehead atoms. The summed E-state index contributed by atoms with van der Waals surface area (Å²) in [7, 11) is 0. The van der Waals surface area contributed by atoms with Crippen LogP contribution < -0.4 is 15.4 Å². The summed E-state index contributed by atoms with van der Waals surface area (Å²) in [6.07, 6.45) is 2.26. The molecular formula is C21H26N2O3. The molecular weight excluding hydrogens is 328 g/mol. The molecule has 0 spiro atoms. The van der Waals surface area contributed by atoms with Crippen LogP contribution >= 0.6 is 0 Å². The maximum atomic E-state index is 11.8. The second-order valence-corrected chi connectivity index (χ2v) is 6.15. The Morgan fingerprint density at radius 3 is 2.31 bits per heavy atom. The Morgan fingerprint density at radius 1 is 0.962 bits per heavy atom. The van der Waals surface area contributed by atoms with Crippen molar-refractivity contribution in [2.75, 3.05) is 18.5 Å². The molecule has 0 aromatic heterocycles. The number of hydrogen-bond donors (Lipinski definition) is 2. The Balaban J connectivity index is 1.63. The van der Waals surface area contributed by atoms with Crippen molar-refractivity contribution in [2.24, 2.45) is 0 Å². The second kappa shape index (κ2) is 10.2. The molecule has 5 heteroatoms. The highest BCUT2D eigenvalue weighted by Gasteiger charge is 2.04. The molecule has 2 N–H and O–H groups in total. The average molecular weight is 354 g/mol. The lowest BCUT2D eigenvalue weighted by Crippen LogP contribution is -2.29. The van der Waals surface area contributed by atoms with Crippen LogP contribution in [0.3, 0.4) is 0 Å². The first-order valence-electron chi connectivity index (χ1n) is 8.92. The van der Waals surface area contributed by atoms with E-state index >= 15 is 0 Å². The second-order valence-electron chi connectivity index (χ2n) is 6.15. The van der Waals surface area contributed by atoms with Crippen molar-refractivity contribution < 1.29 is 14.3 Å². The highest BCUT2D eigenvalue weighted by molar-refractivity contribution is 5.90. The first-order chi connectivity index (χ1) is 12.6. The smallest absolute Gasteiger partial charge is 0.257 e. The molecule has 2 aromatic rings. The van der Waals surface area contributed by atoms with Gasteiger partial charge in [-0.15, -0.1) is 0 Å². The van der Waals surface area contributed by atoms with Gasteiger partial charge in [-0.05, 0) is 49.6 Å². The van der Waals surface area contributed by atoms with E-state index in [9.17, 15) is 9.59 Å². The molecule has 0 unspecified atom stereocenters. The minimum Gasteiger partial charge on any atom is -0.484 e. The van der Waals surface area contributed by atoms with Gasteiger partial charge in [0.1, 0.15) is 5.75 Å². The van der Waals surface area contributed by atoms with Gasteiger partial charge < -0.3 is 15.4 Å². The zero-order valence-electron chi connectivity index (χ0n) is 15.4. The number of ether oxygens (including phenoxy) is 1. The number of carbonyl (C=O) groups excluding carboxylic acids is 2. The van der Waals surface area contributed by atoms with E-state index < -0.39 is 0 Å². The third kappa shape index (κ3) is 6.97. The third-order valence-electron chi connectivity index (χ3n) is 3.91. The maximum absolute atomic E-state index is 11.8. The van der Waals surface area contributed by atoms with Gasteiger partial charge in [-0.2, -0.15) is 0 Å². The molecule has 2 rings (SSSR count). The fraction of sp³-hybridized carbons (Fsp3) is 0.333. The third-order valence-corrected chi connectivity index (χ3v) is 3.91. The van der Waals surface area contributed by atoms with Gasteiger partial charge in [0, 0.05) is 18.7 Å². The van der Waals surface area contributed by atoms with Crippen molar-refractivity contribution >= 4 is 17.5 Å². The van der Waals surface area contributed by atoms with E-state index in [1.807, 2.05) is 0 Å². The summed E-state index contributed by atoms with van der Waals surface area (Å²) in [5.74, 6) is 0.412. The maximum Gasteiger partial charge on any atom is 0.257 e. The van der Waals surface area contributed by atoms with Crippen molar-refractivity contribution in [3.8, 4) is 5.75 Å². The van der Waals surface area contributed by atoms with Crippen molar-refractivity contribution in [3.05, 3.63) is 59.7 Å². The number of benzene rings is 2. The van der Waals surface area contributed by atoms with Crippen molar-refractivity contribution in [1.82, 2.24) is 5.32 Å². The molecule has 0 aliphatic heterocycles. The zero-order chi connectivity index (χ0) is 18.8. The number of carbonyl (C=O) groups is 2. The van der Waals surface area contributed by atoms with Gasteiger partial charge in [-0.3, -0.25) is 9.59 Å². The van der Waals surface area contributed by atoms with Crippen LogP contribution in [0.1, 0.15) is 30.9 Å². The normalized spacial score (nSPS) is 10.2. The molecule has 5 nitrogen and oxygen atoms in total. The van der Waals surface area contributed by atoms with Gasteiger partial charge in [0.15, 0.2) is 6.61 Å². The Hall–Kier alpha value is -2.82. The summed E-state index contributed by atoms with van der Waals surface area (Å²) >= 11 is 0. The summed E-state index contributed by atoms with van der Waals surface area (Å²) < 4.78 is 5.46. The molecule has 0 saturated heterocycles. The first kappa shape index (κ1) is 19.5. The van der Waals surface area contributed by atoms with Gasteiger partial charge in [0.05, 0.1) is 0 Å². The summed E-state index contributed by atoms with van der Waals surface area (Å²) in [5.41, 5.74) is 3.24. The van der Waals surface area contributed by atoms with E-state index in [0.29, 0.717) is 24.4 Å². The van der Waals surface area contributed by atoms with Crippen molar-refractivity contribution in [2.45, 2.75) is 33.1 Å². The van der Waals surface area contributed by atoms with E-state index in [2.05, 4.69) is 41.8 Å². The van der Waals surface area contributed by atoms with E-state index in [1.54, 1.807) is 31.2 Å². The molecule has 0 heterocycles. The predicted octanol–water partition coefficient (Wildman–Crippen LogP) is 3.47. The molecule has 0 atom stereocenters. The number of amides is 2. The predicted molar refractivity (Wildman–Crippen MR) is 103 cm³/mol. The Bertz CT molecular complexity index is 709. The molecule has 0 saturated carbocycles. The Morgan fingerprint density at radius 2 is 1.65 bits per heavy atom. The highest BCUT2D eigenvalue weighted by atomic mass is 16.5. The standard InChI is InChI=1S/C21H26N2O3/c1-3-20(24)23-18-10-12-19(13-11-18)26-15-21(25)22-14-4-5-17-8-6-16(2)7-9-17/h6-13H,3-5,14-15H2,1-2H3,(H,22,25)(H,23,24). The van der Waals surface area contributed by atoms with Crippen LogP contribution in [-0.4, -0.2) is 25.0 Å². The minimum atomic E-state index is -0.141. The number of nitrogens with one attached hydrogen (secondary N) is 2. The molecule has 2 amide bonds. The molecule has 0 fully saturated rings. The lowest BCUT2D eigenvalue weighted by molar-refractivity contribution is -0.123. The molecule has 138 valence electrons. The van der Waals surface area contributed by atoms with Gasteiger partial charge in [-0.1, -0.05) is 36.8 Å². The van der Waals surface area contributed by atoms with Crippen LogP contribution in [0.4, 0.5) is 5.69 Å². The molecule has 26 heavy (non-hydrogen) atoms. The van der Waals surface area contributed by atoms with E-state index in [4.69, 9.17) is 4.74 Å². The summed E-state index contributed by atoms with van der Waals surface area (Å²) in [5, 5.41) is 5.62. The summed E-state index contributed by atoms with van der Waals surface area (Å²) in [6.45, 7) is 4.47. The topological polar surface area (TPSA) is 67.4 Å². The van der Waals surface area contributed by atoms with Crippen LogP contribution in [0.5, 0.6) is 5.75 Å². The van der Waals surface area contributed by atoms with Crippen LogP contribution in [0.25, 0.3) is 0 Å². The van der Waals surface area contributed by atoms with Crippen LogP contribution in [0.15, 0.2) is 48.5 Å². The SMILES string of the molecule is CCC(=O)Nc1ccc(OCC(=O)NCCCc2ccc(C)cc2)cc1. The van der Waals surface area contributed by atoms with Crippen molar-refractivity contribution in [1.29, 1.82) is 0 Å². The molecule has 0 aliphatic carbocycles. The van der Waals surface area contributed by atoms with E-state index in [-0.39, 0.29) is 18.4 Å². The van der Waals surface area contributed by atoms with Gasteiger partial charge in [-0.25, -0.2) is 0 Å². The van der Waals surface area contributed by atoms with Gasteiger partial charge in [0.2, 0.25) is 5.91 Å². The monoisotopic (exact) mass is 354 g/mol. The van der Waals surface area contributed by atoms with Gasteiger partial charge >= 0.3 is 0 Å². The molecule has 2 aromatic carbocycles. The zero-order valence-corrected chi connectivity index (χ0v) is 15.4. The van der Waals surface area contributed by atoms with E-state index in [1.165, 1.54) is 11.1 Å². The fourth-order valence-corrected chi connectivity index (χ4v) is 2.36. The summed E-state index contributed by atoms with van der Waals surface area (Å²) in [4.78, 5) is 23.1. The number of anilines is 1. The van der Waals surface area contributed by atoms with E-state index in [0.717, 1.165) is 12.8 Å². The molecule has 0 aliphatic rings. The van der Waals surface area contributed by atoms with Crippen LogP contribution in [-0.2, 0) is 16.0 Å². The fourth-order valence-electron chi connectivity index (χ4n) is 2.36. The number of aryl methyl sites for hydroxylation is 2. The number of hydrogen-bond acceptors (Lipinski definition) is 3. The lowest BCUT2D eigenvalue weighted by Gasteiger charge is -2.09. The van der Waals surface area contributed by atoms with Crippen molar-refractivity contribution in [3.63, 3.8) is 0 Å². The van der Waals surface area contributed by atoms with Gasteiger partial charge in [0.25, 0.3) is 5.91 Å². The average Bonchev–Trinajstić information content (AvgIpc) is 2.66. The summed E-state index contributed by atoms with van der Waals surface area (Å²) in [6, 6.07) is 15.4. The highest BCUT2D eigenvalue weighted by Crippen LogP contribution is 2.15. The first-order valence-corrected chi connectivity index (χ1v) is 8.92. The van der Waals surface area contributed by atoms with Crippen LogP contribution in [0, 0.1) is 6.92 Å². The molecule has 0 radical (unpaired) electrons. The largest absolute Gasteiger partial charge is 0.484 e. The quantitative estimate of drug-likeness (QED) is 0.678. The lowest BCUT2D eigenvalue weighted by atomic mass is 10.1. The minimum absolute atomic E-state index is 0.0226.